The molecule has 9 nitrogen and oxygen atoms in total. The Morgan fingerprint density at radius 2 is 1.57 bits per heavy atom. The van der Waals surface area contributed by atoms with Crippen molar-refractivity contribution >= 4 is 21.5 Å². The Labute approximate surface area is 270 Å². The minimum atomic E-state index is -0.329. The maximum Gasteiger partial charge on any atom is 0.280 e. The molecule has 0 unspecified atom stereocenters. The van der Waals surface area contributed by atoms with Gasteiger partial charge in [0.15, 0.2) is 17.3 Å². The van der Waals surface area contributed by atoms with Gasteiger partial charge in [-0.25, -0.2) is 4.98 Å². The molecule has 0 radical (unpaired) electrons. The number of pyridine rings is 2. The second-order valence-corrected chi connectivity index (χ2v) is 11.0. The second kappa shape index (κ2) is 12.8. The van der Waals surface area contributed by atoms with Gasteiger partial charge in [0, 0.05) is 29.5 Å². The summed E-state index contributed by atoms with van der Waals surface area (Å²) in [6.07, 6.45) is 5.00. The van der Waals surface area contributed by atoms with Crippen LogP contribution < -0.4 is 15.0 Å². The van der Waals surface area contributed by atoms with Crippen molar-refractivity contribution in [2.45, 2.75) is 19.8 Å². The highest BCUT2D eigenvalue weighted by atomic mass is 16.5. The second-order valence-electron chi connectivity index (χ2n) is 11.0. The lowest BCUT2D eigenvalue weighted by molar-refractivity contribution is 0.260. The third kappa shape index (κ3) is 5.58. The predicted octanol–water partition coefficient (Wildman–Crippen LogP) is 6.24. The first-order chi connectivity index (χ1) is 23.1. The zero-order valence-electron chi connectivity index (χ0n) is 25.5. The van der Waals surface area contributed by atoms with Gasteiger partial charge < -0.3 is 19.7 Å². The molecule has 0 saturated heterocycles. The molecule has 0 spiro atoms. The fraction of sp³-hybridized carbons (Fsp3) is 0.105. The molecule has 47 heavy (non-hydrogen) atoms. The van der Waals surface area contributed by atoms with Crippen molar-refractivity contribution in [3.63, 3.8) is 0 Å². The lowest BCUT2D eigenvalue weighted by Crippen LogP contribution is -2.23. The maximum atomic E-state index is 13.8. The lowest BCUT2D eigenvalue weighted by Gasteiger charge is -2.19. The normalized spacial score (nSPS) is 11.2. The van der Waals surface area contributed by atoms with E-state index in [1.165, 1.54) is 4.68 Å². The van der Waals surface area contributed by atoms with Gasteiger partial charge in [-0.2, -0.15) is 9.78 Å². The van der Waals surface area contributed by atoms with Crippen molar-refractivity contribution in [2.24, 2.45) is 0 Å². The number of rotatable bonds is 9. The number of nitrogens with zero attached hydrogens (tertiary/aromatic N) is 4. The van der Waals surface area contributed by atoms with Gasteiger partial charge in [-0.15, -0.1) is 0 Å². The number of aliphatic hydroxyl groups is 2. The number of aromatic nitrogens is 4. The first kappa shape index (κ1) is 29.8. The van der Waals surface area contributed by atoms with Crippen LogP contribution in [0, 0.1) is 0 Å². The summed E-state index contributed by atoms with van der Waals surface area (Å²) >= 11 is 0. The Hall–Kier alpha value is -5.90. The van der Waals surface area contributed by atoms with Crippen LogP contribution in [0.5, 0.6) is 11.5 Å². The fourth-order valence-corrected chi connectivity index (χ4v) is 5.92. The highest BCUT2D eigenvalue weighted by Gasteiger charge is 2.20. The maximum absolute atomic E-state index is 13.8. The van der Waals surface area contributed by atoms with Gasteiger partial charge in [-0.1, -0.05) is 48.5 Å². The van der Waals surface area contributed by atoms with Crippen LogP contribution in [0.15, 0.2) is 120 Å². The molecule has 9 heteroatoms. The summed E-state index contributed by atoms with van der Waals surface area (Å²) in [5, 5.41) is 28.5. The zero-order chi connectivity index (χ0) is 32.3. The van der Waals surface area contributed by atoms with E-state index in [2.05, 4.69) is 9.97 Å². The number of methoxy groups -OCH3 is 1. The molecule has 3 heterocycles. The average molecular weight is 623 g/mol. The van der Waals surface area contributed by atoms with Crippen LogP contribution in [0.1, 0.15) is 16.7 Å². The van der Waals surface area contributed by atoms with E-state index in [-0.39, 0.29) is 18.8 Å². The van der Waals surface area contributed by atoms with E-state index in [1.807, 2.05) is 78.9 Å². The minimum Gasteiger partial charge on any atom is -0.493 e. The lowest BCUT2D eigenvalue weighted by atomic mass is 9.90. The highest BCUT2D eigenvalue weighted by Crippen LogP contribution is 2.41. The van der Waals surface area contributed by atoms with Gasteiger partial charge >= 0.3 is 0 Å². The Morgan fingerprint density at radius 3 is 2.32 bits per heavy atom. The standard InChI is InChI=1S/C38H30N4O5/c1-46-33-17-27-16-28(21-43)32(22-44)36(31(27)19-34(33)47-23-24-8-3-2-4-9-24)25-13-15-40-35(18-25)42-38(45)30-12-6-5-11-29(30)37(41-42)26-10-7-14-39-20-26/h2-20,43-44H,21-23H2,1H3. The molecule has 0 fully saturated rings. The summed E-state index contributed by atoms with van der Waals surface area (Å²) in [5.41, 5.74) is 4.48. The van der Waals surface area contributed by atoms with Gasteiger partial charge in [0.2, 0.25) is 0 Å². The molecule has 0 aliphatic heterocycles. The fourth-order valence-electron chi connectivity index (χ4n) is 5.92. The van der Waals surface area contributed by atoms with E-state index < -0.39 is 0 Å². The van der Waals surface area contributed by atoms with Crippen molar-refractivity contribution in [1.82, 2.24) is 19.7 Å². The minimum absolute atomic E-state index is 0.286. The number of ether oxygens (including phenoxy) is 2. The van der Waals surface area contributed by atoms with Crippen molar-refractivity contribution < 1.29 is 19.7 Å². The quantitative estimate of drug-likeness (QED) is 0.194. The van der Waals surface area contributed by atoms with E-state index >= 15 is 0 Å². The van der Waals surface area contributed by atoms with Gasteiger partial charge in [-0.3, -0.25) is 9.78 Å². The Morgan fingerprint density at radius 1 is 0.766 bits per heavy atom. The van der Waals surface area contributed by atoms with Crippen LogP contribution in [0.2, 0.25) is 0 Å². The molecule has 2 N–H and O–H groups in total. The van der Waals surface area contributed by atoms with Gasteiger partial charge in [0.25, 0.3) is 5.56 Å². The number of benzene rings is 4. The van der Waals surface area contributed by atoms with E-state index in [4.69, 9.17) is 14.6 Å². The third-order valence-electron chi connectivity index (χ3n) is 8.18. The molecular formula is C38H30N4O5. The average Bonchev–Trinajstić information content (AvgIpc) is 3.13. The van der Waals surface area contributed by atoms with Gasteiger partial charge in [-0.05, 0) is 87.1 Å². The SMILES string of the molecule is COc1cc2cc(CO)c(CO)c(-c3ccnc(-n4nc(-c5cccnc5)c5ccccc5c4=O)c3)c2cc1OCc1ccccc1. The van der Waals surface area contributed by atoms with Crippen LogP contribution in [0.4, 0.5) is 0 Å². The topological polar surface area (TPSA) is 120 Å². The number of fused-ring (bicyclic) bond motifs is 2. The Kier molecular flexibility index (Phi) is 8.14. The first-order valence-electron chi connectivity index (χ1n) is 15.0. The van der Waals surface area contributed by atoms with E-state index in [9.17, 15) is 15.0 Å². The monoisotopic (exact) mass is 622 g/mol. The zero-order valence-corrected chi connectivity index (χ0v) is 25.5. The van der Waals surface area contributed by atoms with Crippen LogP contribution in [0.3, 0.4) is 0 Å². The van der Waals surface area contributed by atoms with Crippen LogP contribution >= 0.6 is 0 Å². The summed E-state index contributed by atoms with van der Waals surface area (Å²) in [6.45, 7) is -0.287. The number of aliphatic hydroxyl groups excluding tert-OH is 2. The van der Waals surface area contributed by atoms with Gasteiger partial charge in [0.1, 0.15) is 12.3 Å². The molecule has 0 aliphatic carbocycles. The molecular weight excluding hydrogens is 592 g/mol. The summed E-state index contributed by atoms with van der Waals surface area (Å²) in [6, 6.07) is 30.0. The summed E-state index contributed by atoms with van der Waals surface area (Å²) < 4.78 is 13.2. The molecule has 7 rings (SSSR count). The van der Waals surface area contributed by atoms with Crippen LogP contribution in [-0.2, 0) is 19.8 Å². The van der Waals surface area contributed by atoms with Crippen LogP contribution in [0.25, 0.3) is 49.7 Å². The molecule has 0 saturated carbocycles. The first-order valence-corrected chi connectivity index (χ1v) is 15.0. The van der Waals surface area contributed by atoms with Crippen molar-refractivity contribution in [1.29, 1.82) is 0 Å². The van der Waals surface area contributed by atoms with E-state index in [0.29, 0.717) is 62.6 Å². The third-order valence-corrected chi connectivity index (χ3v) is 8.18. The van der Waals surface area contributed by atoms with E-state index in [0.717, 1.165) is 21.9 Å². The molecule has 7 aromatic rings. The van der Waals surface area contributed by atoms with Crippen molar-refractivity contribution in [3.8, 4) is 39.7 Å². The molecule has 0 bridgehead atoms. The molecule has 4 aromatic carbocycles. The van der Waals surface area contributed by atoms with E-state index in [1.54, 1.807) is 43.9 Å². The predicted molar refractivity (Wildman–Crippen MR) is 180 cm³/mol. The smallest absolute Gasteiger partial charge is 0.280 e. The van der Waals surface area contributed by atoms with Crippen LogP contribution in [-0.4, -0.2) is 37.1 Å². The molecule has 3 aromatic heterocycles. The number of hydrogen-bond acceptors (Lipinski definition) is 8. The highest BCUT2D eigenvalue weighted by molar-refractivity contribution is 6.01. The number of hydrogen-bond donors (Lipinski definition) is 2. The largest absolute Gasteiger partial charge is 0.493 e. The van der Waals surface area contributed by atoms with Crippen molar-refractivity contribution in [2.75, 3.05) is 7.11 Å². The molecule has 0 atom stereocenters. The van der Waals surface area contributed by atoms with Crippen molar-refractivity contribution in [3.05, 3.63) is 143 Å². The summed E-state index contributed by atoms with van der Waals surface area (Å²) in [4.78, 5) is 22.6. The molecule has 0 aliphatic rings. The molecule has 0 amide bonds. The summed E-state index contributed by atoms with van der Waals surface area (Å²) in [7, 11) is 1.58. The Balaban J connectivity index is 1.43. The van der Waals surface area contributed by atoms with Gasteiger partial charge in [0.05, 0.1) is 25.7 Å². The molecule has 232 valence electrons. The Bertz CT molecular complexity index is 2290. The summed E-state index contributed by atoms with van der Waals surface area (Å²) in [5.74, 6) is 1.35.